The first-order valence-corrected chi connectivity index (χ1v) is 14.2. The zero-order valence-electron chi connectivity index (χ0n) is 21.6. The molecule has 12 heteroatoms. The molecule has 2 unspecified atom stereocenters. The lowest BCUT2D eigenvalue weighted by molar-refractivity contribution is -0.130. The molecule has 0 spiro atoms. The number of fused-ring (bicyclic) bond motifs is 2. The van der Waals surface area contributed by atoms with E-state index in [1.807, 2.05) is 23.1 Å². The van der Waals surface area contributed by atoms with Gasteiger partial charge in [0.1, 0.15) is 33.8 Å². The summed E-state index contributed by atoms with van der Waals surface area (Å²) >= 11 is 8.08. The van der Waals surface area contributed by atoms with Crippen LogP contribution in [0.4, 0.5) is 10.9 Å². The number of nitrogens with zero attached hydrogens (tertiary/aromatic N) is 5. The number of aromatic nitrogens is 4. The molecule has 10 nitrogen and oxygen atoms in total. The number of piperidine rings is 1. The van der Waals surface area contributed by atoms with Gasteiger partial charge in [0.25, 0.3) is 5.91 Å². The standard InChI is InChI=1S/C27H28ClN7O3S/c1-3-38-19-10-15(26(37)33-27-31-11-14(2)39-27)5-8-18(19)22-23-24(29)30-12-20(28)35(23)25(32-22)16-4-6-17-7-9-21(36)34(17)13-16/h5,8,10-12,16-17H,3-4,6-7,9,13H2,1-2H3,(H2,29,30)(H,31,33,37). The van der Waals surface area contributed by atoms with Crippen molar-refractivity contribution in [3.8, 4) is 17.0 Å². The molecule has 0 radical (unpaired) electrons. The highest BCUT2D eigenvalue weighted by Crippen LogP contribution is 2.41. The van der Waals surface area contributed by atoms with Crippen LogP contribution in [-0.2, 0) is 4.79 Å². The Morgan fingerprint density at radius 2 is 2.10 bits per heavy atom. The van der Waals surface area contributed by atoms with Gasteiger partial charge >= 0.3 is 0 Å². The average Bonchev–Trinajstić information content (AvgIpc) is 3.63. The molecule has 3 aromatic heterocycles. The van der Waals surface area contributed by atoms with E-state index >= 15 is 0 Å². The number of ether oxygens (including phenoxy) is 1. The van der Waals surface area contributed by atoms with Crippen LogP contribution >= 0.6 is 22.9 Å². The van der Waals surface area contributed by atoms with E-state index in [9.17, 15) is 9.59 Å². The van der Waals surface area contributed by atoms with Gasteiger partial charge in [-0.25, -0.2) is 15.0 Å². The highest BCUT2D eigenvalue weighted by Gasteiger charge is 2.38. The SMILES string of the molecule is CCOc1cc(C(=O)Nc2ncc(C)s2)ccc1-c1nc(C2CCC3CCC(=O)N3C2)n2c(Cl)cnc(N)c12. The molecule has 1 aromatic carbocycles. The zero-order valence-corrected chi connectivity index (χ0v) is 23.2. The molecule has 202 valence electrons. The maximum atomic E-state index is 13.0. The van der Waals surface area contributed by atoms with Crippen molar-refractivity contribution in [3.05, 3.63) is 52.0 Å². The van der Waals surface area contributed by atoms with Crippen LogP contribution in [0.15, 0.2) is 30.6 Å². The molecule has 0 aliphatic carbocycles. The number of benzene rings is 1. The van der Waals surface area contributed by atoms with Gasteiger partial charge in [-0.05, 0) is 51.3 Å². The van der Waals surface area contributed by atoms with Crippen LogP contribution in [0.5, 0.6) is 5.75 Å². The summed E-state index contributed by atoms with van der Waals surface area (Å²) in [5, 5.41) is 3.75. The van der Waals surface area contributed by atoms with E-state index in [4.69, 9.17) is 27.1 Å². The van der Waals surface area contributed by atoms with Crippen molar-refractivity contribution in [1.82, 2.24) is 24.3 Å². The Morgan fingerprint density at radius 1 is 1.26 bits per heavy atom. The van der Waals surface area contributed by atoms with Gasteiger partial charge in [-0.2, -0.15) is 0 Å². The Kier molecular flexibility index (Phi) is 6.64. The van der Waals surface area contributed by atoms with Gasteiger partial charge in [0.2, 0.25) is 5.91 Å². The Balaban J connectivity index is 1.43. The van der Waals surface area contributed by atoms with Gasteiger partial charge in [-0.15, -0.1) is 11.3 Å². The maximum Gasteiger partial charge on any atom is 0.257 e. The van der Waals surface area contributed by atoms with E-state index in [0.717, 1.165) is 30.0 Å². The lowest BCUT2D eigenvalue weighted by Gasteiger charge is -2.34. The fourth-order valence-electron chi connectivity index (χ4n) is 5.59. The van der Waals surface area contributed by atoms with Crippen molar-refractivity contribution >= 4 is 51.2 Å². The maximum absolute atomic E-state index is 13.0. The minimum atomic E-state index is -0.288. The molecule has 4 aromatic rings. The fourth-order valence-corrected chi connectivity index (χ4v) is 6.47. The minimum absolute atomic E-state index is 0.00815. The second-order valence-corrected chi connectivity index (χ2v) is 11.5. The summed E-state index contributed by atoms with van der Waals surface area (Å²) in [6.07, 6.45) is 6.55. The van der Waals surface area contributed by atoms with Crippen LogP contribution in [-0.4, -0.2) is 55.3 Å². The molecule has 2 amide bonds. The molecule has 5 heterocycles. The van der Waals surface area contributed by atoms with Gasteiger partial charge in [0.05, 0.1) is 12.8 Å². The van der Waals surface area contributed by atoms with E-state index in [0.29, 0.717) is 64.0 Å². The van der Waals surface area contributed by atoms with Crippen LogP contribution in [0.1, 0.15) is 59.6 Å². The molecule has 2 aliphatic heterocycles. The van der Waals surface area contributed by atoms with E-state index in [2.05, 4.69) is 15.3 Å². The molecule has 2 saturated heterocycles. The minimum Gasteiger partial charge on any atom is -0.493 e. The van der Waals surface area contributed by atoms with Crippen LogP contribution in [0.25, 0.3) is 16.8 Å². The largest absolute Gasteiger partial charge is 0.493 e. The van der Waals surface area contributed by atoms with E-state index < -0.39 is 0 Å². The third-order valence-corrected chi connectivity index (χ3v) is 8.49. The first-order valence-electron chi connectivity index (χ1n) is 13.0. The summed E-state index contributed by atoms with van der Waals surface area (Å²) in [6, 6.07) is 5.53. The molecule has 0 saturated carbocycles. The normalized spacial score (nSPS) is 18.9. The van der Waals surface area contributed by atoms with Crippen molar-refractivity contribution in [2.45, 2.75) is 51.5 Å². The number of nitrogens with two attached hydrogens (primary N) is 1. The van der Waals surface area contributed by atoms with Gasteiger partial charge in [-0.1, -0.05) is 11.6 Å². The number of thiazole rings is 1. The summed E-state index contributed by atoms with van der Waals surface area (Å²) in [5.41, 5.74) is 8.63. The van der Waals surface area contributed by atoms with Crippen molar-refractivity contribution < 1.29 is 14.3 Å². The molecule has 2 aliphatic rings. The molecular formula is C27H28ClN7O3S. The number of amides is 2. The molecule has 39 heavy (non-hydrogen) atoms. The molecule has 2 fully saturated rings. The number of rotatable bonds is 6. The highest BCUT2D eigenvalue weighted by molar-refractivity contribution is 7.15. The monoisotopic (exact) mass is 565 g/mol. The molecule has 0 bridgehead atoms. The summed E-state index contributed by atoms with van der Waals surface area (Å²) in [7, 11) is 0. The predicted octanol–water partition coefficient (Wildman–Crippen LogP) is 4.92. The summed E-state index contributed by atoms with van der Waals surface area (Å²) < 4.78 is 7.83. The summed E-state index contributed by atoms with van der Waals surface area (Å²) in [4.78, 5) is 42.0. The smallest absolute Gasteiger partial charge is 0.257 e. The second-order valence-electron chi connectivity index (χ2n) is 9.86. The first-order chi connectivity index (χ1) is 18.8. The van der Waals surface area contributed by atoms with Crippen molar-refractivity contribution in [3.63, 3.8) is 0 Å². The van der Waals surface area contributed by atoms with Crippen LogP contribution < -0.4 is 15.8 Å². The number of hydrogen-bond acceptors (Lipinski definition) is 8. The van der Waals surface area contributed by atoms with Gasteiger partial charge in [0, 0.05) is 47.1 Å². The number of aryl methyl sites for hydroxylation is 1. The van der Waals surface area contributed by atoms with Crippen LogP contribution in [0.3, 0.4) is 0 Å². The summed E-state index contributed by atoms with van der Waals surface area (Å²) in [5.74, 6) is 1.40. The Labute approximate surface area is 234 Å². The van der Waals surface area contributed by atoms with Crippen LogP contribution in [0, 0.1) is 6.92 Å². The molecule has 6 rings (SSSR count). The fraction of sp³-hybridized carbons (Fsp3) is 0.370. The third-order valence-electron chi connectivity index (χ3n) is 7.39. The number of halogens is 1. The summed E-state index contributed by atoms with van der Waals surface area (Å²) in [6.45, 7) is 4.79. The third kappa shape index (κ3) is 4.59. The quantitative estimate of drug-likeness (QED) is 0.340. The van der Waals surface area contributed by atoms with Crippen LogP contribution in [0.2, 0.25) is 5.15 Å². The van der Waals surface area contributed by atoms with Crippen molar-refractivity contribution in [2.75, 3.05) is 24.2 Å². The number of carbonyl (C=O) groups is 2. The zero-order chi connectivity index (χ0) is 27.3. The van der Waals surface area contributed by atoms with E-state index in [1.165, 1.54) is 17.5 Å². The number of hydrogen-bond donors (Lipinski definition) is 2. The van der Waals surface area contributed by atoms with E-state index in [-0.39, 0.29) is 23.6 Å². The molecule has 3 N–H and O–H groups in total. The Hall–Kier alpha value is -3.70. The lowest BCUT2D eigenvalue weighted by atomic mass is 9.92. The average molecular weight is 566 g/mol. The number of nitrogen functional groups attached to an aromatic ring is 1. The highest BCUT2D eigenvalue weighted by atomic mass is 35.5. The van der Waals surface area contributed by atoms with Gasteiger partial charge < -0.3 is 15.4 Å². The number of carbonyl (C=O) groups excluding carboxylic acids is 2. The van der Waals surface area contributed by atoms with Gasteiger partial charge in [0.15, 0.2) is 5.13 Å². The topological polar surface area (TPSA) is 128 Å². The molecular weight excluding hydrogens is 538 g/mol. The molecule has 2 atom stereocenters. The number of nitrogens with one attached hydrogen (secondary N) is 1. The number of imidazole rings is 1. The number of anilines is 2. The van der Waals surface area contributed by atoms with Crippen molar-refractivity contribution in [2.24, 2.45) is 0 Å². The Bertz CT molecular complexity index is 1600. The first kappa shape index (κ1) is 25.6. The predicted molar refractivity (Wildman–Crippen MR) is 151 cm³/mol. The van der Waals surface area contributed by atoms with Gasteiger partial charge in [-0.3, -0.25) is 19.3 Å². The lowest BCUT2D eigenvalue weighted by Crippen LogP contribution is -2.41. The van der Waals surface area contributed by atoms with Crippen molar-refractivity contribution in [1.29, 1.82) is 0 Å². The Morgan fingerprint density at radius 3 is 2.87 bits per heavy atom. The second kappa shape index (κ2) is 10.1. The van der Waals surface area contributed by atoms with E-state index in [1.54, 1.807) is 24.4 Å².